The molecule has 0 aliphatic rings. The molecule has 0 spiro atoms. The minimum absolute atomic E-state index is 0.178. The van der Waals surface area contributed by atoms with Gasteiger partial charge in [0.2, 0.25) is 0 Å². The van der Waals surface area contributed by atoms with Gasteiger partial charge in [0.05, 0.1) is 15.8 Å². The molecule has 0 bridgehead atoms. The maximum Gasteiger partial charge on any atom is 0.166 e. The molecular weight excluding hydrogens is 469 g/mol. The molecule has 0 saturated heterocycles. The van der Waals surface area contributed by atoms with Crippen LogP contribution in [0.25, 0.3) is 0 Å². The van der Waals surface area contributed by atoms with Gasteiger partial charge >= 0.3 is 0 Å². The third-order valence-corrected chi connectivity index (χ3v) is 7.54. The molecule has 0 heterocycles. The van der Waals surface area contributed by atoms with Crippen molar-refractivity contribution < 1.29 is 26.1 Å². The zero-order valence-corrected chi connectivity index (χ0v) is 19.0. The molecule has 0 aromatic heterocycles. The average molecular weight is 489 g/mol. The lowest BCUT2D eigenvalue weighted by Gasteiger charge is -2.08. The van der Waals surface area contributed by atoms with E-state index in [-0.39, 0.29) is 22.3 Å². The van der Waals surface area contributed by atoms with Crippen molar-refractivity contribution in [1.82, 2.24) is 0 Å². The van der Waals surface area contributed by atoms with Gasteiger partial charge in [0, 0.05) is 0 Å². The summed E-state index contributed by atoms with van der Waals surface area (Å²) >= 11 is 0. The van der Waals surface area contributed by atoms with E-state index >= 15 is 0 Å². The predicted octanol–water partition coefficient (Wildman–Crippen LogP) is 6.10. The maximum absolute atomic E-state index is 13.2. The maximum atomic E-state index is 13.2. The summed E-state index contributed by atoms with van der Waals surface area (Å²) in [4.78, 5) is 2.49. The molecule has 3 nitrogen and oxygen atoms in total. The van der Waals surface area contributed by atoms with Gasteiger partial charge in [0.1, 0.15) is 27.6 Å². The molecule has 0 aliphatic carbocycles. The first kappa shape index (κ1) is 24.6. The molecule has 33 heavy (non-hydrogen) atoms. The van der Waals surface area contributed by atoms with Gasteiger partial charge in [0.25, 0.3) is 0 Å². The molecule has 0 amide bonds. The number of rotatable bonds is 4. The Bertz CT molecular complexity index is 1180. The Kier molecular flexibility index (Phi) is 7.97. The monoisotopic (exact) mass is 488 g/mol. The number of hydrogen-bond donors (Lipinski definition) is 0. The molecule has 4 aromatic rings. The fourth-order valence-electron chi connectivity index (χ4n) is 2.83. The van der Waals surface area contributed by atoms with E-state index in [1.165, 1.54) is 48.5 Å². The fraction of sp³-hybridized carbons (Fsp3) is 0.0400. The zero-order valence-electron chi connectivity index (χ0n) is 17.4. The van der Waals surface area contributed by atoms with Gasteiger partial charge in [-0.25, -0.2) is 21.6 Å². The second-order valence-electron chi connectivity index (χ2n) is 6.94. The molecule has 0 N–H and O–H groups in total. The van der Waals surface area contributed by atoms with Crippen LogP contribution >= 0.6 is 0 Å². The lowest BCUT2D eigenvalue weighted by Crippen LogP contribution is -2.05. The highest BCUT2D eigenvalue weighted by molar-refractivity contribution is 7.97. The van der Waals surface area contributed by atoms with Crippen molar-refractivity contribution in [2.24, 2.45) is 0 Å². The number of hydrogen-bond acceptors (Lipinski definition) is 3. The van der Waals surface area contributed by atoms with Gasteiger partial charge < -0.3 is 4.55 Å². The lowest BCUT2D eigenvalue weighted by atomic mass is 10.2. The summed E-state index contributed by atoms with van der Waals surface area (Å²) in [7, 11) is -4.81. The van der Waals surface area contributed by atoms with Crippen LogP contribution in [0.4, 0.5) is 13.2 Å². The van der Waals surface area contributed by atoms with Crippen LogP contribution in [0.5, 0.6) is 0 Å². The Morgan fingerprint density at radius 1 is 0.576 bits per heavy atom. The normalized spacial score (nSPS) is 11.1. The van der Waals surface area contributed by atoms with Crippen molar-refractivity contribution in [3.8, 4) is 0 Å². The van der Waals surface area contributed by atoms with Crippen LogP contribution in [0, 0.1) is 24.4 Å². The molecule has 4 rings (SSSR count). The quantitative estimate of drug-likeness (QED) is 0.258. The molecule has 0 atom stereocenters. The number of benzene rings is 4. The molecule has 0 aliphatic heterocycles. The third-order valence-electron chi connectivity index (χ3n) is 4.46. The van der Waals surface area contributed by atoms with Crippen LogP contribution in [0.1, 0.15) is 5.56 Å². The van der Waals surface area contributed by atoms with Gasteiger partial charge in [0.15, 0.2) is 14.7 Å². The predicted molar refractivity (Wildman–Crippen MR) is 121 cm³/mol. The highest BCUT2D eigenvalue weighted by Gasteiger charge is 2.28. The van der Waals surface area contributed by atoms with Crippen LogP contribution in [0.15, 0.2) is 117 Å². The first-order chi connectivity index (χ1) is 15.6. The second-order valence-corrected chi connectivity index (χ2v) is 10.3. The summed E-state index contributed by atoms with van der Waals surface area (Å²) in [6.07, 6.45) is 0. The topological polar surface area (TPSA) is 57.2 Å². The zero-order chi connectivity index (χ0) is 24.0. The van der Waals surface area contributed by atoms with Crippen LogP contribution in [-0.4, -0.2) is 13.0 Å². The minimum atomic E-state index is -4.27. The number of aryl methyl sites for hydroxylation is 1. The molecule has 8 heteroatoms. The van der Waals surface area contributed by atoms with Crippen molar-refractivity contribution in [1.29, 1.82) is 0 Å². The summed E-state index contributed by atoms with van der Waals surface area (Å²) < 4.78 is 70.7. The molecule has 170 valence electrons. The summed E-state index contributed by atoms with van der Waals surface area (Å²) in [5.74, 6) is -0.943. The van der Waals surface area contributed by atoms with Crippen LogP contribution < -0.4 is 0 Å². The molecular formula is C25H19F3O3S2. The molecule has 0 fully saturated rings. The Hall–Kier alpha value is -3.07. The minimum Gasteiger partial charge on any atom is -0.744 e. The van der Waals surface area contributed by atoms with Gasteiger partial charge in [-0.1, -0.05) is 17.7 Å². The lowest BCUT2D eigenvalue weighted by molar-refractivity contribution is 0.463. The second kappa shape index (κ2) is 10.7. The van der Waals surface area contributed by atoms with Crippen molar-refractivity contribution in [3.63, 3.8) is 0 Å². The SMILES string of the molecule is Cc1ccc(S(=O)(=O)[O-])cc1.Fc1ccc([S+](c2ccc(F)cc2)c2ccc(F)cc2)cc1. The van der Waals surface area contributed by atoms with Crippen molar-refractivity contribution in [2.75, 3.05) is 0 Å². The highest BCUT2D eigenvalue weighted by atomic mass is 32.2. The number of halogens is 3. The molecule has 0 unspecified atom stereocenters. The molecule has 0 radical (unpaired) electrons. The van der Waals surface area contributed by atoms with Gasteiger partial charge in [-0.2, -0.15) is 0 Å². The van der Waals surface area contributed by atoms with Crippen molar-refractivity contribution >= 4 is 21.0 Å². The summed E-state index contributed by atoms with van der Waals surface area (Å²) in [6.45, 7) is 1.82. The summed E-state index contributed by atoms with van der Waals surface area (Å²) in [6, 6.07) is 24.3. The Balaban J connectivity index is 0.000000235. The van der Waals surface area contributed by atoms with E-state index in [2.05, 4.69) is 0 Å². The van der Waals surface area contributed by atoms with Crippen LogP contribution in [0.3, 0.4) is 0 Å². The fourth-order valence-corrected chi connectivity index (χ4v) is 5.34. The molecule has 4 aromatic carbocycles. The van der Waals surface area contributed by atoms with Gasteiger partial charge in [-0.3, -0.25) is 0 Å². The van der Waals surface area contributed by atoms with E-state index in [1.54, 1.807) is 48.5 Å². The van der Waals surface area contributed by atoms with Crippen molar-refractivity contribution in [2.45, 2.75) is 26.5 Å². The summed E-state index contributed by atoms with van der Waals surface area (Å²) in [5, 5.41) is 0. The Labute approximate surface area is 193 Å². The van der Waals surface area contributed by atoms with Gasteiger partial charge in [-0.05, 0) is 91.9 Å². The van der Waals surface area contributed by atoms with E-state index < -0.39 is 21.0 Å². The smallest absolute Gasteiger partial charge is 0.166 e. The van der Waals surface area contributed by atoms with E-state index in [1.807, 2.05) is 6.92 Å². The van der Waals surface area contributed by atoms with E-state index in [0.29, 0.717) is 0 Å². The van der Waals surface area contributed by atoms with Crippen molar-refractivity contribution in [3.05, 3.63) is 120 Å². The van der Waals surface area contributed by atoms with Crippen LogP contribution in [0.2, 0.25) is 0 Å². The Morgan fingerprint density at radius 3 is 1.15 bits per heavy atom. The standard InChI is InChI=1S/C18H12F3S.C7H8O3S/c19-13-1-7-16(8-2-13)22(17-9-3-14(20)4-10-17)18-11-5-15(21)6-12-18;1-6-2-4-7(5-3-6)11(8,9)10/h1-12H;2-5H,1H3,(H,8,9,10)/q+1;/p-1. The van der Waals surface area contributed by atoms with E-state index in [4.69, 9.17) is 0 Å². The van der Waals surface area contributed by atoms with Gasteiger partial charge in [-0.15, -0.1) is 0 Å². The highest BCUT2D eigenvalue weighted by Crippen LogP contribution is 2.31. The Morgan fingerprint density at radius 2 is 0.879 bits per heavy atom. The van der Waals surface area contributed by atoms with E-state index in [0.717, 1.165) is 20.2 Å². The first-order valence-electron chi connectivity index (χ1n) is 9.67. The average Bonchev–Trinajstić information content (AvgIpc) is 2.78. The summed E-state index contributed by atoms with van der Waals surface area (Å²) in [5.41, 5.74) is 0.928. The largest absolute Gasteiger partial charge is 0.744 e. The van der Waals surface area contributed by atoms with E-state index in [9.17, 15) is 26.1 Å². The van der Waals surface area contributed by atoms with Crippen LogP contribution in [-0.2, 0) is 21.0 Å². The first-order valence-corrected chi connectivity index (χ1v) is 12.3. The molecule has 0 saturated carbocycles. The third kappa shape index (κ3) is 6.95.